The summed E-state index contributed by atoms with van der Waals surface area (Å²) in [4.78, 5) is 13.0. The molecular weight excluding hydrogens is 436 g/mol. The van der Waals surface area contributed by atoms with Crippen LogP contribution in [0.15, 0.2) is 47.4 Å². The van der Waals surface area contributed by atoms with E-state index in [4.69, 9.17) is 16.3 Å². The van der Waals surface area contributed by atoms with Crippen LogP contribution in [0.25, 0.3) is 0 Å². The average Bonchev–Trinajstić information content (AvgIpc) is 2.70. The van der Waals surface area contributed by atoms with Gasteiger partial charge in [-0.25, -0.2) is 8.42 Å². The Morgan fingerprint density at radius 3 is 2.13 bits per heavy atom. The summed E-state index contributed by atoms with van der Waals surface area (Å²) in [6.45, 7) is 9.60. The molecule has 8 heteroatoms. The Morgan fingerprint density at radius 1 is 1.06 bits per heavy atom. The van der Waals surface area contributed by atoms with Crippen molar-refractivity contribution >= 4 is 33.2 Å². The van der Waals surface area contributed by atoms with Gasteiger partial charge in [0.2, 0.25) is 5.91 Å². The quantitative estimate of drug-likeness (QED) is 0.583. The lowest BCUT2D eigenvalue weighted by molar-refractivity contribution is -0.121. The number of sulfonamides is 1. The second-order valence-electron chi connectivity index (χ2n) is 8.22. The molecule has 0 saturated carbocycles. The molecular formula is C23H31ClN2O4S. The molecule has 2 aromatic carbocycles. The topological polar surface area (TPSA) is 75.7 Å². The van der Waals surface area contributed by atoms with Gasteiger partial charge >= 0.3 is 0 Å². The van der Waals surface area contributed by atoms with Crippen LogP contribution in [0.1, 0.15) is 33.3 Å². The van der Waals surface area contributed by atoms with Crippen molar-refractivity contribution in [2.45, 2.75) is 45.6 Å². The Balaban J connectivity index is 2.46. The molecule has 2 rings (SSSR count). The number of ether oxygens (including phenoxy) is 1. The zero-order valence-electron chi connectivity index (χ0n) is 18.8. The summed E-state index contributed by atoms with van der Waals surface area (Å²) >= 11 is 6.25. The minimum absolute atomic E-state index is 0.0733. The van der Waals surface area contributed by atoms with E-state index in [2.05, 4.69) is 5.32 Å². The second-order valence-corrected chi connectivity index (χ2v) is 10.5. The van der Waals surface area contributed by atoms with Crippen LogP contribution < -0.4 is 14.4 Å². The Kier molecular flexibility index (Phi) is 8.37. The first-order chi connectivity index (χ1) is 14.5. The van der Waals surface area contributed by atoms with E-state index in [1.165, 1.54) is 25.3 Å². The minimum atomic E-state index is -4.01. The van der Waals surface area contributed by atoms with Crippen molar-refractivity contribution in [2.75, 3.05) is 18.0 Å². The van der Waals surface area contributed by atoms with Crippen molar-refractivity contribution in [3.8, 4) is 5.75 Å². The van der Waals surface area contributed by atoms with Gasteiger partial charge in [0.05, 0.1) is 22.7 Å². The zero-order chi connectivity index (χ0) is 23.3. The van der Waals surface area contributed by atoms with E-state index >= 15 is 0 Å². The lowest BCUT2D eigenvalue weighted by atomic mass is 9.93. The molecule has 2 aromatic rings. The van der Waals surface area contributed by atoms with Crippen molar-refractivity contribution in [1.29, 1.82) is 0 Å². The highest BCUT2D eigenvalue weighted by Gasteiger charge is 2.29. The fourth-order valence-corrected chi connectivity index (χ4v) is 5.09. The normalized spacial score (nSPS) is 11.8. The van der Waals surface area contributed by atoms with Crippen LogP contribution in [-0.2, 0) is 14.8 Å². The molecule has 0 aliphatic rings. The van der Waals surface area contributed by atoms with Crippen LogP contribution >= 0.6 is 11.6 Å². The molecule has 0 unspecified atom stereocenters. The van der Waals surface area contributed by atoms with Gasteiger partial charge in [-0.05, 0) is 49.1 Å². The first-order valence-corrected chi connectivity index (χ1v) is 12.0. The summed E-state index contributed by atoms with van der Waals surface area (Å²) in [5.74, 6) is 0.459. The number of hydrogen-bond acceptors (Lipinski definition) is 4. The summed E-state index contributed by atoms with van der Waals surface area (Å²) in [5, 5.41) is 3.24. The first kappa shape index (κ1) is 25.0. The Hall–Kier alpha value is -2.25. The van der Waals surface area contributed by atoms with Crippen molar-refractivity contribution in [1.82, 2.24) is 5.32 Å². The lowest BCUT2D eigenvalue weighted by Gasteiger charge is -2.29. The third-order valence-corrected chi connectivity index (χ3v) is 7.17. The third kappa shape index (κ3) is 6.14. The Bertz CT molecular complexity index is 997. The summed E-state index contributed by atoms with van der Waals surface area (Å²) < 4.78 is 33.2. The van der Waals surface area contributed by atoms with Gasteiger partial charge in [0, 0.05) is 6.04 Å². The molecule has 31 heavy (non-hydrogen) atoms. The third-order valence-electron chi connectivity index (χ3n) is 5.08. The van der Waals surface area contributed by atoms with Crippen LogP contribution in [-0.4, -0.2) is 34.0 Å². The number of benzene rings is 2. The Labute approximate surface area is 190 Å². The molecule has 0 bridgehead atoms. The molecule has 0 aliphatic heterocycles. The molecule has 170 valence electrons. The standard InChI is InChI=1S/C23H31ClN2O4S/c1-15(2)23(16(3)4)25-22(27)14-26(18-9-12-21(30-6)20(24)13-18)31(28,29)19-10-7-17(5)8-11-19/h7-13,15-16,23H,14H2,1-6H3,(H,25,27). The molecule has 0 fully saturated rings. The van der Waals surface area contributed by atoms with Gasteiger partial charge in [0.1, 0.15) is 12.3 Å². The molecule has 1 N–H and O–H groups in total. The zero-order valence-corrected chi connectivity index (χ0v) is 20.4. The van der Waals surface area contributed by atoms with Gasteiger partial charge in [0.15, 0.2) is 0 Å². The van der Waals surface area contributed by atoms with Gasteiger partial charge in [-0.2, -0.15) is 0 Å². The molecule has 0 atom stereocenters. The molecule has 0 radical (unpaired) electrons. The maximum Gasteiger partial charge on any atom is 0.264 e. The van der Waals surface area contributed by atoms with Gasteiger partial charge in [0.25, 0.3) is 10.0 Å². The van der Waals surface area contributed by atoms with Gasteiger partial charge in [-0.3, -0.25) is 9.10 Å². The number of aryl methyl sites for hydroxylation is 1. The monoisotopic (exact) mass is 466 g/mol. The predicted octanol–water partition coefficient (Wildman–Crippen LogP) is 4.65. The van der Waals surface area contributed by atoms with E-state index in [1.54, 1.807) is 24.3 Å². The molecule has 0 spiro atoms. The second kappa shape index (κ2) is 10.4. The molecule has 0 aliphatic carbocycles. The van der Waals surface area contributed by atoms with Crippen LogP contribution in [0.5, 0.6) is 5.75 Å². The number of carbonyl (C=O) groups is 1. The highest BCUT2D eigenvalue weighted by Crippen LogP contribution is 2.32. The number of carbonyl (C=O) groups excluding carboxylic acids is 1. The van der Waals surface area contributed by atoms with Crippen LogP contribution in [0.3, 0.4) is 0 Å². The number of rotatable bonds is 9. The van der Waals surface area contributed by atoms with Crippen molar-refractivity contribution in [2.24, 2.45) is 11.8 Å². The van der Waals surface area contributed by atoms with Crippen LogP contribution in [0.4, 0.5) is 5.69 Å². The predicted molar refractivity (Wildman–Crippen MR) is 125 cm³/mol. The molecule has 0 saturated heterocycles. The highest BCUT2D eigenvalue weighted by molar-refractivity contribution is 7.92. The first-order valence-electron chi connectivity index (χ1n) is 10.2. The van der Waals surface area contributed by atoms with Gasteiger partial charge in [-0.15, -0.1) is 0 Å². The van der Waals surface area contributed by atoms with E-state index in [1.807, 2.05) is 34.6 Å². The van der Waals surface area contributed by atoms with E-state index in [0.717, 1.165) is 9.87 Å². The number of hydrogen-bond donors (Lipinski definition) is 1. The number of amides is 1. The van der Waals surface area contributed by atoms with E-state index in [0.29, 0.717) is 5.75 Å². The summed E-state index contributed by atoms with van der Waals surface area (Å²) in [6.07, 6.45) is 0. The van der Waals surface area contributed by atoms with Gasteiger partial charge < -0.3 is 10.1 Å². The highest BCUT2D eigenvalue weighted by atomic mass is 35.5. The largest absolute Gasteiger partial charge is 0.495 e. The fraction of sp³-hybridized carbons (Fsp3) is 0.435. The summed E-state index contributed by atoms with van der Waals surface area (Å²) in [5.41, 5.74) is 1.22. The Morgan fingerprint density at radius 2 is 1.65 bits per heavy atom. The summed E-state index contributed by atoms with van der Waals surface area (Å²) in [7, 11) is -2.53. The maximum absolute atomic E-state index is 13.5. The van der Waals surface area contributed by atoms with E-state index in [9.17, 15) is 13.2 Å². The molecule has 0 aromatic heterocycles. The number of nitrogens with zero attached hydrogens (tertiary/aromatic N) is 1. The van der Waals surface area contributed by atoms with E-state index in [-0.39, 0.29) is 45.9 Å². The molecule has 0 heterocycles. The fourth-order valence-electron chi connectivity index (χ4n) is 3.43. The van der Waals surface area contributed by atoms with Crippen LogP contribution in [0.2, 0.25) is 5.02 Å². The smallest absolute Gasteiger partial charge is 0.264 e. The van der Waals surface area contributed by atoms with Crippen LogP contribution in [0, 0.1) is 18.8 Å². The van der Waals surface area contributed by atoms with Gasteiger partial charge in [-0.1, -0.05) is 57.0 Å². The number of anilines is 1. The molecule has 1 amide bonds. The van der Waals surface area contributed by atoms with Crippen molar-refractivity contribution in [3.05, 3.63) is 53.1 Å². The minimum Gasteiger partial charge on any atom is -0.495 e. The number of methoxy groups -OCH3 is 1. The van der Waals surface area contributed by atoms with Crippen molar-refractivity contribution < 1.29 is 17.9 Å². The average molecular weight is 467 g/mol. The summed E-state index contributed by atoms with van der Waals surface area (Å²) in [6, 6.07) is 11.1. The number of nitrogens with one attached hydrogen (secondary N) is 1. The number of halogens is 1. The van der Waals surface area contributed by atoms with Crippen molar-refractivity contribution in [3.63, 3.8) is 0 Å². The van der Waals surface area contributed by atoms with E-state index < -0.39 is 10.0 Å². The molecule has 6 nitrogen and oxygen atoms in total. The SMILES string of the molecule is COc1ccc(N(CC(=O)NC(C(C)C)C(C)C)S(=O)(=O)c2ccc(C)cc2)cc1Cl. The maximum atomic E-state index is 13.5. The lowest BCUT2D eigenvalue weighted by Crippen LogP contribution is -2.47.